The van der Waals surface area contributed by atoms with Gasteiger partial charge in [-0.1, -0.05) is 30.3 Å². The number of carbonyl (C=O) groups is 1. The van der Waals surface area contributed by atoms with E-state index in [1.807, 2.05) is 36.4 Å². The van der Waals surface area contributed by atoms with Crippen LogP contribution in [0, 0.1) is 0 Å². The fourth-order valence-electron chi connectivity index (χ4n) is 3.47. The lowest BCUT2D eigenvalue weighted by atomic mass is 9.93. The Balaban J connectivity index is 1.34. The highest BCUT2D eigenvalue weighted by Gasteiger charge is 2.22. The van der Waals surface area contributed by atoms with E-state index < -0.39 is 0 Å². The van der Waals surface area contributed by atoms with Gasteiger partial charge in [0.2, 0.25) is 0 Å². The Hall–Kier alpha value is -2.79. The van der Waals surface area contributed by atoms with Gasteiger partial charge in [-0.25, -0.2) is 0 Å². The minimum Gasteiger partial charge on any atom is -0.486 e. The maximum absolute atomic E-state index is 12.3. The van der Waals surface area contributed by atoms with Crippen LogP contribution in [-0.4, -0.2) is 23.2 Å². The van der Waals surface area contributed by atoms with Gasteiger partial charge in [0.1, 0.15) is 18.1 Å². The lowest BCUT2D eigenvalue weighted by Crippen LogP contribution is -2.38. The number of benzene rings is 2. The molecule has 1 aliphatic carbocycles. The zero-order chi connectivity index (χ0) is 18.6. The Kier molecular flexibility index (Phi) is 5.12. The molecule has 1 aromatic heterocycles. The van der Waals surface area contributed by atoms with Crippen molar-refractivity contribution in [2.75, 3.05) is 0 Å². The van der Waals surface area contributed by atoms with E-state index in [4.69, 9.17) is 9.15 Å². The van der Waals surface area contributed by atoms with Gasteiger partial charge in [-0.15, -0.1) is 0 Å². The summed E-state index contributed by atoms with van der Waals surface area (Å²) in [5.74, 6) is 1.44. The number of carbonyl (C=O) groups excluding carboxylic acids is 1. The van der Waals surface area contributed by atoms with Gasteiger partial charge < -0.3 is 19.6 Å². The van der Waals surface area contributed by atoms with Gasteiger partial charge in [0.05, 0.1) is 6.10 Å². The van der Waals surface area contributed by atoms with Crippen molar-refractivity contribution in [1.29, 1.82) is 0 Å². The maximum Gasteiger partial charge on any atom is 0.287 e. The van der Waals surface area contributed by atoms with Crippen LogP contribution in [0.25, 0.3) is 10.8 Å². The molecule has 0 atom stereocenters. The molecule has 2 N–H and O–H groups in total. The first-order valence-electron chi connectivity index (χ1n) is 9.36. The van der Waals surface area contributed by atoms with Crippen LogP contribution in [0.15, 0.2) is 59.0 Å². The molecule has 0 radical (unpaired) electrons. The second-order valence-electron chi connectivity index (χ2n) is 7.04. The summed E-state index contributed by atoms with van der Waals surface area (Å²) < 4.78 is 11.4. The topological polar surface area (TPSA) is 71.7 Å². The Labute approximate surface area is 157 Å². The number of hydrogen-bond donors (Lipinski definition) is 2. The third-order valence-electron chi connectivity index (χ3n) is 5.02. The summed E-state index contributed by atoms with van der Waals surface area (Å²) in [5, 5.41) is 14.8. The smallest absolute Gasteiger partial charge is 0.287 e. The molecule has 2 aromatic carbocycles. The SMILES string of the molecule is O=C(NC1CCC(O)CC1)c1ccc(COc2ccc3ccccc3c2)o1. The van der Waals surface area contributed by atoms with Crippen molar-refractivity contribution in [3.05, 3.63) is 66.1 Å². The van der Waals surface area contributed by atoms with Gasteiger partial charge in [0.15, 0.2) is 5.76 Å². The number of fused-ring (bicyclic) bond motifs is 1. The third kappa shape index (κ3) is 4.31. The lowest BCUT2D eigenvalue weighted by molar-refractivity contribution is 0.0839. The largest absolute Gasteiger partial charge is 0.486 e. The van der Waals surface area contributed by atoms with E-state index in [0.29, 0.717) is 11.5 Å². The molecule has 1 amide bonds. The van der Waals surface area contributed by atoms with E-state index in [2.05, 4.69) is 11.4 Å². The number of amides is 1. The van der Waals surface area contributed by atoms with Crippen molar-refractivity contribution in [3.8, 4) is 5.75 Å². The van der Waals surface area contributed by atoms with E-state index in [-0.39, 0.29) is 24.7 Å². The summed E-state index contributed by atoms with van der Waals surface area (Å²) in [4.78, 5) is 12.3. The molecule has 0 unspecified atom stereocenters. The standard InChI is InChI=1S/C22H23NO4/c24-18-8-6-17(7-9-18)23-22(25)21-12-11-20(27-21)14-26-19-10-5-15-3-1-2-4-16(15)13-19/h1-5,10-13,17-18,24H,6-9,14H2,(H,23,25). The van der Waals surface area contributed by atoms with Crippen molar-refractivity contribution in [2.24, 2.45) is 0 Å². The third-order valence-corrected chi connectivity index (χ3v) is 5.02. The second kappa shape index (κ2) is 7.84. The molecule has 1 saturated carbocycles. The fourth-order valence-corrected chi connectivity index (χ4v) is 3.47. The first-order valence-corrected chi connectivity index (χ1v) is 9.36. The van der Waals surface area contributed by atoms with Crippen LogP contribution in [0.3, 0.4) is 0 Å². The number of aliphatic hydroxyl groups excluding tert-OH is 1. The van der Waals surface area contributed by atoms with Gasteiger partial charge in [-0.2, -0.15) is 0 Å². The number of furan rings is 1. The van der Waals surface area contributed by atoms with Gasteiger partial charge in [-0.3, -0.25) is 4.79 Å². The van der Waals surface area contributed by atoms with Crippen LogP contribution in [0.5, 0.6) is 5.75 Å². The first kappa shape index (κ1) is 17.6. The highest BCUT2D eigenvalue weighted by atomic mass is 16.5. The van der Waals surface area contributed by atoms with Crippen LogP contribution in [0.2, 0.25) is 0 Å². The molecule has 5 heteroatoms. The van der Waals surface area contributed by atoms with Crippen molar-refractivity contribution in [3.63, 3.8) is 0 Å². The summed E-state index contributed by atoms with van der Waals surface area (Å²) >= 11 is 0. The van der Waals surface area contributed by atoms with Crippen LogP contribution in [0.4, 0.5) is 0 Å². The predicted octanol–water partition coefficient (Wildman–Crippen LogP) is 4.05. The highest BCUT2D eigenvalue weighted by molar-refractivity contribution is 5.91. The van der Waals surface area contributed by atoms with Crippen LogP contribution in [0.1, 0.15) is 42.0 Å². The summed E-state index contributed by atoms with van der Waals surface area (Å²) in [7, 11) is 0. The van der Waals surface area contributed by atoms with E-state index in [9.17, 15) is 9.90 Å². The molecular weight excluding hydrogens is 342 g/mol. The van der Waals surface area contributed by atoms with Gasteiger partial charge in [0.25, 0.3) is 5.91 Å². The number of hydrogen-bond acceptors (Lipinski definition) is 4. The normalized spacial score (nSPS) is 19.7. The highest BCUT2D eigenvalue weighted by Crippen LogP contribution is 2.22. The van der Waals surface area contributed by atoms with Crippen molar-refractivity contribution < 1.29 is 19.1 Å². The van der Waals surface area contributed by atoms with Crippen LogP contribution < -0.4 is 10.1 Å². The summed E-state index contributed by atoms with van der Waals surface area (Å²) in [6, 6.07) is 17.6. The quantitative estimate of drug-likeness (QED) is 0.716. The number of aliphatic hydroxyl groups is 1. The average Bonchev–Trinajstić information content (AvgIpc) is 3.17. The fraction of sp³-hybridized carbons (Fsp3) is 0.318. The molecule has 0 saturated heterocycles. The Morgan fingerprint density at radius 3 is 2.63 bits per heavy atom. The van der Waals surface area contributed by atoms with Crippen molar-refractivity contribution >= 4 is 16.7 Å². The zero-order valence-corrected chi connectivity index (χ0v) is 15.1. The molecule has 140 valence electrons. The number of rotatable bonds is 5. The Morgan fingerprint density at radius 2 is 1.81 bits per heavy atom. The molecule has 5 nitrogen and oxygen atoms in total. The van der Waals surface area contributed by atoms with Gasteiger partial charge in [0, 0.05) is 6.04 Å². The van der Waals surface area contributed by atoms with E-state index >= 15 is 0 Å². The molecule has 27 heavy (non-hydrogen) atoms. The Morgan fingerprint density at radius 1 is 1.04 bits per heavy atom. The van der Waals surface area contributed by atoms with Crippen molar-refractivity contribution in [2.45, 2.75) is 44.4 Å². The summed E-state index contributed by atoms with van der Waals surface area (Å²) in [5.41, 5.74) is 0. The monoisotopic (exact) mass is 365 g/mol. The van der Waals surface area contributed by atoms with Gasteiger partial charge in [-0.05, 0) is 60.7 Å². The minimum absolute atomic E-state index is 0.100. The molecule has 1 fully saturated rings. The minimum atomic E-state index is -0.236. The molecule has 4 rings (SSSR count). The summed E-state index contributed by atoms with van der Waals surface area (Å²) in [6.07, 6.45) is 2.82. The Bertz CT molecular complexity index is 925. The lowest BCUT2D eigenvalue weighted by Gasteiger charge is -2.25. The van der Waals surface area contributed by atoms with Crippen LogP contribution >= 0.6 is 0 Å². The molecule has 0 aliphatic heterocycles. The molecule has 0 bridgehead atoms. The predicted molar refractivity (Wildman–Crippen MR) is 103 cm³/mol. The van der Waals surface area contributed by atoms with Gasteiger partial charge >= 0.3 is 0 Å². The molecular formula is C22H23NO4. The summed E-state index contributed by atoms with van der Waals surface area (Å²) in [6.45, 7) is 0.265. The zero-order valence-electron chi connectivity index (χ0n) is 15.1. The first-order chi connectivity index (χ1) is 13.2. The van der Waals surface area contributed by atoms with Crippen LogP contribution in [-0.2, 0) is 6.61 Å². The van der Waals surface area contributed by atoms with E-state index in [1.54, 1.807) is 12.1 Å². The molecule has 1 aliphatic rings. The second-order valence-corrected chi connectivity index (χ2v) is 7.04. The number of nitrogens with one attached hydrogen (secondary N) is 1. The maximum atomic E-state index is 12.3. The van der Waals surface area contributed by atoms with Crippen molar-refractivity contribution in [1.82, 2.24) is 5.32 Å². The molecule has 3 aromatic rings. The molecule has 1 heterocycles. The number of ether oxygens (including phenoxy) is 1. The molecule has 0 spiro atoms. The average molecular weight is 365 g/mol. The van der Waals surface area contributed by atoms with E-state index in [0.717, 1.165) is 42.2 Å². The van der Waals surface area contributed by atoms with E-state index in [1.165, 1.54) is 0 Å².